The van der Waals surface area contributed by atoms with E-state index in [1.807, 2.05) is 55.5 Å². The van der Waals surface area contributed by atoms with Crippen molar-refractivity contribution in [3.8, 4) is 0 Å². The molecule has 0 saturated carbocycles. The zero-order chi connectivity index (χ0) is 18.4. The molecule has 0 aliphatic rings. The highest BCUT2D eigenvalue weighted by Gasteiger charge is 2.17. The quantitative estimate of drug-likeness (QED) is 0.611. The van der Waals surface area contributed by atoms with Crippen molar-refractivity contribution in [3.63, 3.8) is 0 Å². The van der Waals surface area contributed by atoms with Crippen molar-refractivity contribution in [1.82, 2.24) is 9.47 Å². The SMILES string of the molecule is CCN(Cc1ccccc1)C(=O)Cn1cccc1C(=O)c1ccccc1. The van der Waals surface area contributed by atoms with Crippen LogP contribution in [0, 0.1) is 0 Å². The van der Waals surface area contributed by atoms with Gasteiger partial charge >= 0.3 is 0 Å². The first-order valence-electron chi connectivity index (χ1n) is 8.75. The number of hydrogen-bond donors (Lipinski definition) is 0. The van der Waals surface area contributed by atoms with Crippen LogP contribution in [-0.4, -0.2) is 27.7 Å². The molecule has 0 aliphatic carbocycles. The fraction of sp³-hybridized carbons (Fsp3) is 0.182. The number of amides is 1. The maximum absolute atomic E-state index is 12.8. The van der Waals surface area contributed by atoms with Crippen molar-refractivity contribution in [1.29, 1.82) is 0 Å². The first-order chi connectivity index (χ1) is 12.7. The van der Waals surface area contributed by atoms with Crippen LogP contribution in [0.3, 0.4) is 0 Å². The predicted molar refractivity (Wildman–Crippen MR) is 102 cm³/mol. The van der Waals surface area contributed by atoms with E-state index >= 15 is 0 Å². The predicted octanol–water partition coefficient (Wildman–Crippen LogP) is 3.77. The molecule has 0 N–H and O–H groups in total. The molecule has 0 unspecified atom stereocenters. The van der Waals surface area contributed by atoms with E-state index in [0.29, 0.717) is 24.3 Å². The van der Waals surface area contributed by atoms with Crippen molar-refractivity contribution in [2.75, 3.05) is 6.54 Å². The minimum Gasteiger partial charge on any atom is -0.337 e. The van der Waals surface area contributed by atoms with Crippen molar-refractivity contribution in [2.24, 2.45) is 0 Å². The summed E-state index contributed by atoms with van der Waals surface area (Å²) in [7, 11) is 0. The van der Waals surface area contributed by atoms with Crippen LogP contribution in [-0.2, 0) is 17.9 Å². The van der Waals surface area contributed by atoms with Gasteiger partial charge in [-0.15, -0.1) is 0 Å². The van der Waals surface area contributed by atoms with Crippen LogP contribution < -0.4 is 0 Å². The zero-order valence-corrected chi connectivity index (χ0v) is 14.8. The Balaban J connectivity index is 1.73. The molecule has 0 fully saturated rings. The summed E-state index contributed by atoms with van der Waals surface area (Å²) in [5.41, 5.74) is 2.24. The number of aromatic nitrogens is 1. The first kappa shape index (κ1) is 17.7. The summed E-state index contributed by atoms with van der Waals surface area (Å²) in [5.74, 6) is -0.0795. The first-order valence-corrected chi connectivity index (χ1v) is 8.75. The van der Waals surface area contributed by atoms with E-state index in [2.05, 4.69) is 0 Å². The Morgan fingerprint density at radius 2 is 1.54 bits per heavy atom. The number of likely N-dealkylation sites (N-methyl/N-ethyl adjacent to an activating group) is 1. The maximum atomic E-state index is 12.8. The number of ketones is 1. The van der Waals surface area contributed by atoms with Gasteiger partial charge in [-0.3, -0.25) is 9.59 Å². The number of rotatable bonds is 7. The van der Waals surface area contributed by atoms with Crippen LogP contribution in [0.25, 0.3) is 0 Å². The Kier molecular flexibility index (Phi) is 5.64. The summed E-state index contributed by atoms with van der Waals surface area (Å²) >= 11 is 0. The Morgan fingerprint density at radius 1 is 0.885 bits per heavy atom. The van der Waals surface area contributed by atoms with Gasteiger partial charge in [-0.25, -0.2) is 0 Å². The van der Waals surface area contributed by atoms with E-state index in [-0.39, 0.29) is 18.2 Å². The van der Waals surface area contributed by atoms with E-state index in [4.69, 9.17) is 0 Å². The molecule has 4 heteroatoms. The van der Waals surface area contributed by atoms with Gasteiger partial charge in [0.15, 0.2) is 0 Å². The van der Waals surface area contributed by atoms with Crippen molar-refractivity contribution >= 4 is 11.7 Å². The van der Waals surface area contributed by atoms with Crippen molar-refractivity contribution < 1.29 is 9.59 Å². The molecule has 3 aromatic rings. The molecule has 0 bridgehead atoms. The highest BCUT2D eigenvalue weighted by molar-refractivity contribution is 6.08. The monoisotopic (exact) mass is 346 g/mol. The molecular formula is C22H22N2O2. The van der Waals surface area contributed by atoms with Gasteiger partial charge in [-0.1, -0.05) is 60.7 Å². The largest absolute Gasteiger partial charge is 0.337 e. The molecule has 4 nitrogen and oxygen atoms in total. The minimum atomic E-state index is -0.0745. The summed E-state index contributed by atoms with van der Waals surface area (Å²) < 4.78 is 1.73. The maximum Gasteiger partial charge on any atom is 0.242 e. The third-order valence-electron chi connectivity index (χ3n) is 4.35. The molecule has 0 atom stereocenters. The van der Waals surface area contributed by atoms with Gasteiger partial charge < -0.3 is 9.47 Å². The average Bonchev–Trinajstić information content (AvgIpc) is 3.15. The number of benzene rings is 2. The molecule has 132 valence electrons. The molecule has 1 heterocycles. The smallest absolute Gasteiger partial charge is 0.242 e. The van der Waals surface area contributed by atoms with Crippen molar-refractivity contribution in [3.05, 3.63) is 95.8 Å². The number of carbonyl (C=O) groups excluding carboxylic acids is 2. The van der Waals surface area contributed by atoms with Gasteiger partial charge in [0.05, 0.1) is 5.69 Å². The van der Waals surface area contributed by atoms with Crippen LogP contribution in [0.5, 0.6) is 0 Å². The summed E-state index contributed by atoms with van der Waals surface area (Å²) in [4.78, 5) is 27.2. The Morgan fingerprint density at radius 3 is 2.19 bits per heavy atom. The molecular weight excluding hydrogens is 324 g/mol. The van der Waals surface area contributed by atoms with Crippen LogP contribution in [0.4, 0.5) is 0 Å². The van der Waals surface area contributed by atoms with Crippen LogP contribution >= 0.6 is 0 Å². The topological polar surface area (TPSA) is 42.3 Å². The second-order valence-corrected chi connectivity index (χ2v) is 6.11. The standard InChI is InChI=1S/C22H22N2O2/c1-2-23(16-18-10-5-3-6-11-18)21(25)17-24-15-9-14-20(24)22(26)19-12-7-4-8-13-19/h3-15H,2,16-17H2,1H3. The lowest BCUT2D eigenvalue weighted by molar-refractivity contribution is -0.132. The van der Waals surface area contributed by atoms with Crippen molar-refractivity contribution in [2.45, 2.75) is 20.0 Å². The van der Waals surface area contributed by atoms with Gasteiger partial charge in [0, 0.05) is 24.8 Å². The molecule has 2 aromatic carbocycles. The normalized spacial score (nSPS) is 10.5. The van der Waals surface area contributed by atoms with Crippen LogP contribution in [0.2, 0.25) is 0 Å². The van der Waals surface area contributed by atoms with Gasteiger partial charge in [0.25, 0.3) is 0 Å². The van der Waals surface area contributed by atoms with E-state index in [9.17, 15) is 9.59 Å². The highest BCUT2D eigenvalue weighted by atomic mass is 16.2. The minimum absolute atomic E-state index is 0.00494. The summed E-state index contributed by atoms with van der Waals surface area (Å²) in [6.07, 6.45) is 1.78. The Bertz CT molecular complexity index is 869. The molecule has 3 rings (SSSR count). The molecule has 26 heavy (non-hydrogen) atoms. The fourth-order valence-electron chi connectivity index (χ4n) is 2.92. The summed E-state index contributed by atoms with van der Waals surface area (Å²) in [6.45, 7) is 3.31. The number of carbonyl (C=O) groups is 2. The molecule has 0 spiro atoms. The fourth-order valence-corrected chi connectivity index (χ4v) is 2.92. The molecule has 0 aliphatic heterocycles. The van der Waals surface area contributed by atoms with E-state index < -0.39 is 0 Å². The Hall–Kier alpha value is -3.14. The van der Waals surface area contributed by atoms with Gasteiger partial charge in [0.2, 0.25) is 11.7 Å². The molecule has 1 aromatic heterocycles. The van der Waals surface area contributed by atoms with E-state index in [1.54, 1.807) is 39.9 Å². The zero-order valence-electron chi connectivity index (χ0n) is 14.8. The molecule has 1 amide bonds. The third kappa shape index (κ3) is 4.09. The Labute approximate surface area is 153 Å². The lowest BCUT2D eigenvalue weighted by Gasteiger charge is -2.22. The highest BCUT2D eigenvalue weighted by Crippen LogP contribution is 2.12. The van der Waals surface area contributed by atoms with Crippen LogP contribution in [0.15, 0.2) is 79.0 Å². The van der Waals surface area contributed by atoms with Gasteiger partial charge in [0.1, 0.15) is 6.54 Å². The third-order valence-corrected chi connectivity index (χ3v) is 4.35. The van der Waals surface area contributed by atoms with E-state index in [0.717, 1.165) is 5.56 Å². The van der Waals surface area contributed by atoms with Gasteiger partial charge in [-0.2, -0.15) is 0 Å². The lowest BCUT2D eigenvalue weighted by Crippen LogP contribution is -2.33. The molecule has 0 saturated heterocycles. The second kappa shape index (κ2) is 8.30. The van der Waals surface area contributed by atoms with E-state index in [1.165, 1.54) is 0 Å². The average molecular weight is 346 g/mol. The van der Waals surface area contributed by atoms with Crippen LogP contribution in [0.1, 0.15) is 28.5 Å². The lowest BCUT2D eigenvalue weighted by atomic mass is 10.1. The second-order valence-electron chi connectivity index (χ2n) is 6.11. The number of hydrogen-bond acceptors (Lipinski definition) is 2. The summed E-state index contributed by atoms with van der Waals surface area (Å²) in [6, 6.07) is 22.6. The number of nitrogens with zero attached hydrogens (tertiary/aromatic N) is 2. The summed E-state index contributed by atoms with van der Waals surface area (Å²) in [5, 5.41) is 0. The molecule has 0 radical (unpaired) electrons. The van der Waals surface area contributed by atoms with Gasteiger partial charge in [-0.05, 0) is 24.6 Å².